The lowest BCUT2D eigenvalue weighted by atomic mass is 9.91. The lowest BCUT2D eigenvalue weighted by Gasteiger charge is -2.17. The van der Waals surface area contributed by atoms with E-state index in [0.29, 0.717) is 0 Å². The molecule has 2 aromatic rings. The van der Waals surface area contributed by atoms with E-state index in [9.17, 15) is 0 Å². The highest BCUT2D eigenvalue weighted by Gasteiger charge is 2.14. The first-order valence-electron chi connectivity index (χ1n) is 6.80. The predicted molar refractivity (Wildman–Crippen MR) is 83.9 cm³/mol. The van der Waals surface area contributed by atoms with Gasteiger partial charge in [-0.3, -0.25) is 0 Å². The molecule has 0 bridgehead atoms. The van der Waals surface area contributed by atoms with E-state index in [1.165, 1.54) is 27.8 Å². The molecule has 0 saturated carbocycles. The number of hydrogen-bond donors (Lipinski definition) is 0. The zero-order valence-electron chi connectivity index (χ0n) is 13.1. The molecule has 0 aliphatic rings. The van der Waals surface area contributed by atoms with E-state index in [0.717, 1.165) is 17.1 Å². The average molecular weight is 270 g/mol. The van der Waals surface area contributed by atoms with Crippen LogP contribution in [0, 0.1) is 27.7 Å². The van der Waals surface area contributed by atoms with Gasteiger partial charge in [-0.15, -0.1) is 0 Å². The molecule has 0 heterocycles. The van der Waals surface area contributed by atoms with Crippen molar-refractivity contribution in [3.05, 3.63) is 46.5 Å². The molecule has 0 aliphatic carbocycles. The van der Waals surface area contributed by atoms with Crippen LogP contribution in [-0.4, -0.2) is 14.2 Å². The third kappa shape index (κ3) is 2.26. The summed E-state index contributed by atoms with van der Waals surface area (Å²) in [6.07, 6.45) is 0. The Morgan fingerprint density at radius 1 is 0.650 bits per heavy atom. The Morgan fingerprint density at radius 2 is 1.25 bits per heavy atom. The van der Waals surface area contributed by atoms with Crippen molar-refractivity contribution in [2.45, 2.75) is 27.7 Å². The lowest BCUT2D eigenvalue weighted by molar-refractivity contribution is 0.353. The van der Waals surface area contributed by atoms with E-state index in [-0.39, 0.29) is 0 Å². The molecular formula is C18H22O2. The van der Waals surface area contributed by atoms with Crippen molar-refractivity contribution in [3.63, 3.8) is 0 Å². The molecule has 106 valence electrons. The summed E-state index contributed by atoms with van der Waals surface area (Å²) in [5.74, 6) is 1.58. The van der Waals surface area contributed by atoms with Crippen LogP contribution in [0.25, 0.3) is 11.1 Å². The zero-order chi connectivity index (χ0) is 14.9. The van der Waals surface area contributed by atoms with E-state index in [1.54, 1.807) is 14.2 Å². The van der Waals surface area contributed by atoms with Crippen LogP contribution in [0.2, 0.25) is 0 Å². The Labute approximate surface area is 121 Å². The van der Waals surface area contributed by atoms with Gasteiger partial charge in [-0.25, -0.2) is 0 Å². The molecule has 0 spiro atoms. The molecule has 2 nitrogen and oxygen atoms in total. The number of methoxy groups -OCH3 is 2. The molecule has 2 heteroatoms. The summed E-state index contributed by atoms with van der Waals surface area (Å²) in [5.41, 5.74) is 7.55. The summed E-state index contributed by atoms with van der Waals surface area (Å²) < 4.78 is 10.9. The molecular weight excluding hydrogens is 248 g/mol. The second-order valence-electron chi connectivity index (χ2n) is 5.15. The van der Waals surface area contributed by atoms with E-state index in [4.69, 9.17) is 9.47 Å². The van der Waals surface area contributed by atoms with Crippen LogP contribution in [0.3, 0.4) is 0 Å². The van der Waals surface area contributed by atoms with Gasteiger partial charge >= 0.3 is 0 Å². The van der Waals surface area contributed by atoms with Crippen LogP contribution < -0.4 is 9.47 Å². The second-order valence-corrected chi connectivity index (χ2v) is 5.15. The summed E-state index contributed by atoms with van der Waals surface area (Å²) in [5, 5.41) is 0. The van der Waals surface area contributed by atoms with Gasteiger partial charge in [0.05, 0.1) is 14.2 Å². The van der Waals surface area contributed by atoms with E-state index in [2.05, 4.69) is 45.9 Å². The van der Waals surface area contributed by atoms with Gasteiger partial charge in [0.15, 0.2) is 11.5 Å². The van der Waals surface area contributed by atoms with Crippen molar-refractivity contribution in [1.29, 1.82) is 0 Å². The van der Waals surface area contributed by atoms with Crippen molar-refractivity contribution in [1.82, 2.24) is 0 Å². The van der Waals surface area contributed by atoms with Crippen LogP contribution in [0.4, 0.5) is 0 Å². The standard InChI is InChI=1S/C18H22O2/c1-11-7-8-15(13(3)12(11)2)16-9-10-17(19-5)18(20-6)14(16)4/h7-10H,1-6H3. The topological polar surface area (TPSA) is 18.5 Å². The first-order chi connectivity index (χ1) is 9.51. The quantitative estimate of drug-likeness (QED) is 0.811. The summed E-state index contributed by atoms with van der Waals surface area (Å²) in [4.78, 5) is 0. The van der Waals surface area contributed by atoms with Gasteiger partial charge in [0, 0.05) is 5.56 Å². The third-order valence-electron chi connectivity index (χ3n) is 4.14. The van der Waals surface area contributed by atoms with Crippen molar-refractivity contribution >= 4 is 0 Å². The van der Waals surface area contributed by atoms with Gasteiger partial charge in [0.2, 0.25) is 0 Å². The summed E-state index contributed by atoms with van der Waals surface area (Å²) >= 11 is 0. The maximum atomic E-state index is 5.50. The largest absolute Gasteiger partial charge is 0.493 e. The van der Waals surface area contributed by atoms with Gasteiger partial charge < -0.3 is 9.47 Å². The van der Waals surface area contributed by atoms with Gasteiger partial charge in [0.1, 0.15) is 0 Å². The van der Waals surface area contributed by atoms with E-state index < -0.39 is 0 Å². The maximum Gasteiger partial charge on any atom is 0.164 e. The smallest absolute Gasteiger partial charge is 0.164 e. The second kappa shape index (κ2) is 5.58. The number of ether oxygens (including phenoxy) is 2. The summed E-state index contributed by atoms with van der Waals surface area (Å²) in [7, 11) is 3.35. The van der Waals surface area contributed by atoms with Gasteiger partial charge in [-0.1, -0.05) is 18.2 Å². The molecule has 0 saturated heterocycles. The SMILES string of the molecule is COc1ccc(-c2ccc(C)c(C)c2C)c(C)c1OC. The molecule has 20 heavy (non-hydrogen) atoms. The molecule has 2 aromatic carbocycles. The zero-order valence-corrected chi connectivity index (χ0v) is 13.1. The van der Waals surface area contributed by atoms with Crippen molar-refractivity contribution < 1.29 is 9.47 Å². The molecule has 0 N–H and O–H groups in total. The summed E-state index contributed by atoms with van der Waals surface area (Å²) in [6, 6.07) is 8.43. The van der Waals surface area contributed by atoms with Gasteiger partial charge in [0.25, 0.3) is 0 Å². The normalized spacial score (nSPS) is 10.5. The lowest BCUT2D eigenvalue weighted by Crippen LogP contribution is -1.97. The van der Waals surface area contributed by atoms with Crippen LogP contribution >= 0.6 is 0 Å². The van der Waals surface area contributed by atoms with Gasteiger partial charge in [-0.2, -0.15) is 0 Å². The predicted octanol–water partition coefficient (Wildman–Crippen LogP) is 4.60. The Bertz CT molecular complexity index is 642. The first-order valence-corrected chi connectivity index (χ1v) is 6.80. The first kappa shape index (κ1) is 14.4. The Hall–Kier alpha value is -1.96. The Kier molecular flexibility index (Phi) is 4.03. The molecule has 0 aliphatic heterocycles. The van der Waals surface area contributed by atoms with E-state index >= 15 is 0 Å². The number of aryl methyl sites for hydroxylation is 1. The average Bonchev–Trinajstić information content (AvgIpc) is 2.45. The number of benzene rings is 2. The molecule has 0 unspecified atom stereocenters. The number of rotatable bonds is 3. The maximum absolute atomic E-state index is 5.50. The van der Waals surface area contributed by atoms with Crippen molar-refractivity contribution in [2.75, 3.05) is 14.2 Å². The van der Waals surface area contributed by atoms with Crippen LogP contribution in [-0.2, 0) is 0 Å². The van der Waals surface area contributed by atoms with Crippen LogP contribution in [0.15, 0.2) is 24.3 Å². The van der Waals surface area contributed by atoms with Crippen molar-refractivity contribution in [2.24, 2.45) is 0 Å². The molecule has 0 fully saturated rings. The Balaban J connectivity index is 2.68. The molecule has 0 amide bonds. The molecule has 0 radical (unpaired) electrons. The highest BCUT2D eigenvalue weighted by atomic mass is 16.5. The molecule has 0 atom stereocenters. The minimum absolute atomic E-state index is 0.773. The minimum atomic E-state index is 0.773. The van der Waals surface area contributed by atoms with Gasteiger partial charge in [-0.05, 0) is 61.6 Å². The fraction of sp³-hybridized carbons (Fsp3) is 0.333. The van der Waals surface area contributed by atoms with Crippen LogP contribution in [0.5, 0.6) is 11.5 Å². The molecule has 2 rings (SSSR count). The van der Waals surface area contributed by atoms with Crippen molar-refractivity contribution in [3.8, 4) is 22.6 Å². The minimum Gasteiger partial charge on any atom is -0.493 e. The highest BCUT2D eigenvalue weighted by molar-refractivity contribution is 5.75. The van der Waals surface area contributed by atoms with Crippen LogP contribution in [0.1, 0.15) is 22.3 Å². The molecule has 0 aromatic heterocycles. The third-order valence-corrected chi connectivity index (χ3v) is 4.14. The number of hydrogen-bond acceptors (Lipinski definition) is 2. The summed E-state index contributed by atoms with van der Waals surface area (Å²) in [6.45, 7) is 8.57. The van der Waals surface area contributed by atoms with E-state index in [1.807, 2.05) is 6.07 Å². The fourth-order valence-electron chi connectivity index (χ4n) is 2.62. The Morgan fingerprint density at radius 3 is 1.85 bits per heavy atom. The monoisotopic (exact) mass is 270 g/mol. The fourth-order valence-corrected chi connectivity index (χ4v) is 2.62. The highest BCUT2D eigenvalue weighted by Crippen LogP contribution is 2.39.